The number of anilines is 3. The number of hydrogen-bond donors (Lipinski definition) is 2. The third-order valence-corrected chi connectivity index (χ3v) is 4.62. The molecule has 3 heterocycles. The lowest BCUT2D eigenvalue weighted by molar-refractivity contribution is 0.103. The predicted octanol–water partition coefficient (Wildman–Crippen LogP) is 3.24. The Balaban J connectivity index is 1.75. The van der Waals surface area contributed by atoms with Crippen molar-refractivity contribution >= 4 is 45.5 Å². The van der Waals surface area contributed by atoms with Gasteiger partial charge in [-0.3, -0.25) is 9.48 Å². The van der Waals surface area contributed by atoms with E-state index in [2.05, 4.69) is 30.7 Å². The van der Waals surface area contributed by atoms with E-state index < -0.39 is 0 Å². The number of aromatic nitrogens is 5. The molecular weight excluding hydrogens is 362 g/mol. The molecule has 0 saturated heterocycles. The summed E-state index contributed by atoms with van der Waals surface area (Å²) in [4.78, 5) is 25.4. The summed E-state index contributed by atoms with van der Waals surface area (Å²) in [5.74, 6) is 0.839. The molecule has 2 N–H and O–H groups in total. The molecule has 0 saturated carbocycles. The standard InChI is InChI=1S/C15H16ClN7OS/c1-7-13(8(2)23(4)22-7)21-14(24)10-6-17-15(25-10)20-12-5-11(16)18-9(3)19-12/h5-6H,1-4H3,(H,21,24)(H,17,18,19,20). The van der Waals surface area contributed by atoms with E-state index in [9.17, 15) is 4.79 Å². The van der Waals surface area contributed by atoms with E-state index in [1.165, 1.54) is 17.5 Å². The highest BCUT2D eigenvalue weighted by molar-refractivity contribution is 7.17. The number of halogens is 1. The molecule has 0 aliphatic carbocycles. The number of thiazole rings is 1. The highest BCUT2D eigenvalue weighted by Gasteiger charge is 2.16. The van der Waals surface area contributed by atoms with Gasteiger partial charge in [-0.2, -0.15) is 5.10 Å². The smallest absolute Gasteiger partial charge is 0.267 e. The van der Waals surface area contributed by atoms with Crippen LogP contribution in [0.3, 0.4) is 0 Å². The fourth-order valence-corrected chi connectivity index (χ4v) is 3.22. The molecule has 130 valence electrons. The first kappa shape index (κ1) is 17.3. The maximum atomic E-state index is 12.4. The van der Waals surface area contributed by atoms with Crippen molar-refractivity contribution in [3.63, 3.8) is 0 Å². The fraction of sp³-hybridized carbons (Fsp3) is 0.267. The Hall–Kier alpha value is -2.52. The lowest BCUT2D eigenvalue weighted by Crippen LogP contribution is -2.11. The molecule has 1 amide bonds. The van der Waals surface area contributed by atoms with Crippen LogP contribution in [0.1, 0.15) is 26.9 Å². The highest BCUT2D eigenvalue weighted by Crippen LogP contribution is 2.25. The molecule has 0 aliphatic heterocycles. The molecule has 0 fully saturated rings. The van der Waals surface area contributed by atoms with Crippen molar-refractivity contribution in [2.45, 2.75) is 20.8 Å². The summed E-state index contributed by atoms with van der Waals surface area (Å²) in [6.45, 7) is 5.50. The molecule has 0 spiro atoms. The van der Waals surface area contributed by atoms with Gasteiger partial charge in [-0.15, -0.1) is 0 Å². The van der Waals surface area contributed by atoms with Crippen molar-refractivity contribution in [1.82, 2.24) is 24.7 Å². The SMILES string of the molecule is Cc1nc(Cl)cc(Nc2ncc(C(=O)Nc3c(C)nn(C)c3C)s2)n1. The van der Waals surface area contributed by atoms with Crippen molar-refractivity contribution in [3.05, 3.63) is 39.5 Å². The first-order chi connectivity index (χ1) is 11.8. The molecule has 8 nitrogen and oxygen atoms in total. The Labute approximate surface area is 153 Å². The number of carbonyl (C=O) groups excluding carboxylic acids is 1. The number of amides is 1. The minimum Gasteiger partial charge on any atom is -0.318 e. The number of carbonyl (C=O) groups is 1. The average Bonchev–Trinajstić information content (AvgIpc) is 3.07. The van der Waals surface area contributed by atoms with Gasteiger partial charge in [0.1, 0.15) is 21.7 Å². The van der Waals surface area contributed by atoms with Gasteiger partial charge in [0.15, 0.2) is 5.13 Å². The van der Waals surface area contributed by atoms with E-state index in [0.29, 0.717) is 32.5 Å². The number of aryl methyl sites for hydroxylation is 3. The van der Waals surface area contributed by atoms with Gasteiger partial charge in [0.25, 0.3) is 5.91 Å². The summed E-state index contributed by atoms with van der Waals surface area (Å²) in [6.07, 6.45) is 1.51. The van der Waals surface area contributed by atoms with Crippen molar-refractivity contribution in [2.75, 3.05) is 10.6 Å². The molecule has 0 aliphatic rings. The quantitative estimate of drug-likeness (QED) is 0.677. The Morgan fingerprint density at radius 1 is 1.28 bits per heavy atom. The maximum absolute atomic E-state index is 12.4. The Kier molecular flexibility index (Phi) is 4.69. The monoisotopic (exact) mass is 377 g/mol. The summed E-state index contributed by atoms with van der Waals surface area (Å²) >= 11 is 7.13. The summed E-state index contributed by atoms with van der Waals surface area (Å²) in [5.41, 5.74) is 2.37. The Bertz CT molecular complexity index is 929. The number of hydrogen-bond acceptors (Lipinski definition) is 7. The second-order valence-corrected chi connectivity index (χ2v) is 6.82. The normalized spacial score (nSPS) is 10.8. The molecule has 0 atom stereocenters. The van der Waals surface area contributed by atoms with Crippen LogP contribution < -0.4 is 10.6 Å². The highest BCUT2D eigenvalue weighted by atomic mass is 35.5. The second kappa shape index (κ2) is 6.77. The van der Waals surface area contributed by atoms with E-state index >= 15 is 0 Å². The van der Waals surface area contributed by atoms with Crippen LogP contribution in [-0.4, -0.2) is 30.6 Å². The number of rotatable bonds is 4. The van der Waals surface area contributed by atoms with Gasteiger partial charge in [0.05, 0.1) is 23.3 Å². The van der Waals surface area contributed by atoms with Crippen molar-refractivity contribution in [2.24, 2.45) is 7.05 Å². The minimum atomic E-state index is -0.235. The first-order valence-electron chi connectivity index (χ1n) is 7.39. The van der Waals surface area contributed by atoms with Crippen molar-refractivity contribution < 1.29 is 4.79 Å². The van der Waals surface area contributed by atoms with Crippen LogP contribution >= 0.6 is 22.9 Å². The van der Waals surface area contributed by atoms with Crippen LogP contribution in [0.5, 0.6) is 0 Å². The average molecular weight is 378 g/mol. The van der Waals surface area contributed by atoms with E-state index in [1.807, 2.05) is 20.9 Å². The zero-order chi connectivity index (χ0) is 18.1. The molecule has 3 aromatic heterocycles. The summed E-state index contributed by atoms with van der Waals surface area (Å²) < 4.78 is 1.73. The lowest BCUT2D eigenvalue weighted by Gasteiger charge is -2.04. The molecule has 0 bridgehead atoms. The molecule has 3 rings (SSSR count). The van der Waals surface area contributed by atoms with Gasteiger partial charge in [0.2, 0.25) is 0 Å². The molecule has 0 unspecified atom stereocenters. The predicted molar refractivity (Wildman–Crippen MR) is 97.8 cm³/mol. The van der Waals surface area contributed by atoms with Gasteiger partial charge in [-0.05, 0) is 20.8 Å². The van der Waals surface area contributed by atoms with Crippen molar-refractivity contribution in [1.29, 1.82) is 0 Å². The fourth-order valence-electron chi connectivity index (χ4n) is 2.27. The Morgan fingerprint density at radius 3 is 2.68 bits per heavy atom. The third kappa shape index (κ3) is 3.77. The summed E-state index contributed by atoms with van der Waals surface area (Å²) in [7, 11) is 1.83. The first-order valence-corrected chi connectivity index (χ1v) is 8.58. The molecule has 25 heavy (non-hydrogen) atoms. The minimum absolute atomic E-state index is 0.235. The third-order valence-electron chi connectivity index (χ3n) is 3.52. The van der Waals surface area contributed by atoms with Gasteiger partial charge >= 0.3 is 0 Å². The number of nitrogens with zero attached hydrogens (tertiary/aromatic N) is 5. The van der Waals surface area contributed by atoms with Crippen molar-refractivity contribution in [3.8, 4) is 0 Å². The largest absolute Gasteiger partial charge is 0.318 e. The van der Waals surface area contributed by atoms with Crippen LogP contribution in [0, 0.1) is 20.8 Å². The second-order valence-electron chi connectivity index (χ2n) is 5.40. The molecule has 0 aromatic carbocycles. The number of nitrogens with one attached hydrogen (secondary N) is 2. The maximum Gasteiger partial charge on any atom is 0.267 e. The van der Waals surface area contributed by atoms with E-state index in [1.54, 1.807) is 17.7 Å². The zero-order valence-corrected chi connectivity index (χ0v) is 15.7. The summed E-state index contributed by atoms with van der Waals surface area (Å²) in [5, 5.41) is 11.1. The van der Waals surface area contributed by atoms with Crippen LogP contribution in [0.2, 0.25) is 5.15 Å². The van der Waals surface area contributed by atoms with E-state index in [4.69, 9.17) is 11.6 Å². The Morgan fingerprint density at radius 2 is 2.04 bits per heavy atom. The molecular formula is C15H16ClN7OS. The van der Waals surface area contributed by atoms with Crippen LogP contribution in [0.25, 0.3) is 0 Å². The van der Waals surface area contributed by atoms with Crippen LogP contribution in [-0.2, 0) is 7.05 Å². The van der Waals surface area contributed by atoms with Gasteiger partial charge in [-0.1, -0.05) is 22.9 Å². The van der Waals surface area contributed by atoms with Gasteiger partial charge < -0.3 is 10.6 Å². The zero-order valence-electron chi connectivity index (χ0n) is 14.1. The molecule has 10 heteroatoms. The lowest BCUT2D eigenvalue weighted by atomic mass is 10.3. The molecule has 0 radical (unpaired) electrons. The van der Waals surface area contributed by atoms with E-state index in [-0.39, 0.29) is 5.91 Å². The van der Waals surface area contributed by atoms with Gasteiger partial charge in [0, 0.05) is 13.1 Å². The van der Waals surface area contributed by atoms with Gasteiger partial charge in [-0.25, -0.2) is 15.0 Å². The van der Waals surface area contributed by atoms with Crippen LogP contribution in [0.15, 0.2) is 12.3 Å². The van der Waals surface area contributed by atoms with E-state index in [0.717, 1.165) is 11.4 Å². The topological polar surface area (TPSA) is 97.6 Å². The summed E-state index contributed by atoms with van der Waals surface area (Å²) in [6, 6.07) is 1.60. The molecule has 3 aromatic rings. The van der Waals surface area contributed by atoms with Crippen LogP contribution in [0.4, 0.5) is 16.6 Å².